The molecular weight excluding hydrogens is 418 g/mol. The Hall–Kier alpha value is -3.02. The van der Waals surface area contributed by atoms with E-state index in [2.05, 4.69) is 15.0 Å². The molecule has 0 aliphatic carbocycles. The highest BCUT2D eigenvalue weighted by atomic mass is 32.2. The van der Waals surface area contributed by atoms with Crippen LogP contribution in [-0.2, 0) is 19.6 Å². The molecule has 152 valence electrons. The van der Waals surface area contributed by atoms with Gasteiger partial charge in [-0.2, -0.15) is 0 Å². The summed E-state index contributed by atoms with van der Waals surface area (Å²) in [4.78, 5) is 28.4. The quantitative estimate of drug-likeness (QED) is 0.544. The lowest BCUT2D eigenvalue weighted by molar-refractivity contribution is -0.119. The lowest BCUT2D eigenvalue weighted by atomic mass is 10.2. The average Bonchev–Trinajstić information content (AvgIpc) is 3.13. The molecular formula is C18H17N3O6S2. The third kappa shape index (κ3) is 4.88. The van der Waals surface area contributed by atoms with Crippen LogP contribution in [0, 0.1) is 0 Å². The molecule has 11 heteroatoms. The van der Waals surface area contributed by atoms with E-state index >= 15 is 0 Å². The molecule has 0 radical (unpaired) electrons. The standard InChI is InChI=1S/C18H17N3O6S2/c1-19-29(24,25)13-5-3-4-11(8-13)17(23)27-10-16(22)21-18-20-14-7-6-12(26-2)9-15(14)28-18/h3-9,19H,10H2,1-2H3,(H,20,21,22). The van der Waals surface area contributed by atoms with Crippen LogP contribution in [0.15, 0.2) is 47.4 Å². The molecule has 0 bridgehead atoms. The van der Waals surface area contributed by atoms with Gasteiger partial charge >= 0.3 is 5.97 Å². The number of esters is 1. The fourth-order valence-electron chi connectivity index (χ4n) is 2.36. The number of rotatable bonds is 7. The van der Waals surface area contributed by atoms with E-state index in [1.807, 2.05) is 0 Å². The van der Waals surface area contributed by atoms with Gasteiger partial charge < -0.3 is 9.47 Å². The number of carbonyl (C=O) groups excluding carboxylic acids is 2. The summed E-state index contributed by atoms with van der Waals surface area (Å²) in [7, 11) is -0.872. The van der Waals surface area contributed by atoms with Crippen molar-refractivity contribution >= 4 is 48.6 Å². The van der Waals surface area contributed by atoms with Crippen LogP contribution in [-0.4, -0.2) is 46.0 Å². The van der Waals surface area contributed by atoms with Crippen molar-refractivity contribution < 1.29 is 27.5 Å². The van der Waals surface area contributed by atoms with E-state index in [4.69, 9.17) is 9.47 Å². The van der Waals surface area contributed by atoms with Crippen molar-refractivity contribution in [2.75, 3.05) is 26.1 Å². The van der Waals surface area contributed by atoms with E-state index in [-0.39, 0.29) is 10.5 Å². The molecule has 0 atom stereocenters. The zero-order chi connectivity index (χ0) is 21.0. The third-order valence-corrected chi connectivity index (χ3v) is 6.17. The SMILES string of the molecule is CNS(=O)(=O)c1cccc(C(=O)OCC(=O)Nc2nc3ccc(OC)cc3s2)c1. The number of carbonyl (C=O) groups is 2. The maximum atomic E-state index is 12.1. The number of thiazole rings is 1. The van der Waals surface area contributed by atoms with Gasteiger partial charge in [0, 0.05) is 0 Å². The van der Waals surface area contributed by atoms with Crippen LogP contribution in [0.5, 0.6) is 5.75 Å². The predicted molar refractivity (Wildman–Crippen MR) is 108 cm³/mol. The number of anilines is 1. The molecule has 3 rings (SSSR count). The maximum absolute atomic E-state index is 12.1. The number of nitrogens with zero attached hydrogens (tertiary/aromatic N) is 1. The minimum Gasteiger partial charge on any atom is -0.497 e. The Labute approximate surface area is 170 Å². The Morgan fingerprint density at radius 1 is 1.17 bits per heavy atom. The highest BCUT2D eigenvalue weighted by Crippen LogP contribution is 2.29. The van der Waals surface area contributed by atoms with Crippen LogP contribution in [0.2, 0.25) is 0 Å². The van der Waals surface area contributed by atoms with E-state index < -0.39 is 28.5 Å². The first-order valence-corrected chi connectivity index (χ1v) is 10.6. The fourth-order valence-corrected chi connectivity index (χ4v) is 4.05. The average molecular weight is 435 g/mol. The van der Waals surface area contributed by atoms with E-state index in [0.717, 1.165) is 4.70 Å². The number of methoxy groups -OCH3 is 1. The predicted octanol–water partition coefficient (Wildman–Crippen LogP) is 2.01. The molecule has 0 unspecified atom stereocenters. The second-order valence-electron chi connectivity index (χ2n) is 5.71. The number of aromatic nitrogens is 1. The second-order valence-corrected chi connectivity index (χ2v) is 8.63. The summed E-state index contributed by atoms with van der Waals surface area (Å²) in [6, 6.07) is 10.7. The van der Waals surface area contributed by atoms with Crippen LogP contribution in [0.4, 0.5) is 5.13 Å². The number of fused-ring (bicyclic) bond motifs is 1. The van der Waals surface area contributed by atoms with Crippen LogP contribution >= 0.6 is 11.3 Å². The van der Waals surface area contributed by atoms with Crippen LogP contribution in [0.3, 0.4) is 0 Å². The van der Waals surface area contributed by atoms with Gasteiger partial charge in [-0.3, -0.25) is 10.1 Å². The molecule has 0 fully saturated rings. The molecule has 1 heterocycles. The molecule has 1 aromatic heterocycles. The van der Waals surface area contributed by atoms with Crippen molar-refractivity contribution in [1.29, 1.82) is 0 Å². The Morgan fingerprint density at radius 3 is 2.69 bits per heavy atom. The number of nitrogens with one attached hydrogen (secondary N) is 2. The van der Waals surface area contributed by atoms with Crippen molar-refractivity contribution in [1.82, 2.24) is 9.71 Å². The van der Waals surface area contributed by atoms with E-state index in [9.17, 15) is 18.0 Å². The van der Waals surface area contributed by atoms with Gasteiger partial charge in [0.05, 0.1) is 27.8 Å². The second kappa shape index (κ2) is 8.55. The Morgan fingerprint density at radius 2 is 1.97 bits per heavy atom. The smallest absolute Gasteiger partial charge is 0.338 e. The monoisotopic (exact) mass is 435 g/mol. The van der Waals surface area contributed by atoms with Crippen LogP contribution in [0.25, 0.3) is 10.2 Å². The topological polar surface area (TPSA) is 124 Å². The Balaban J connectivity index is 1.62. The van der Waals surface area contributed by atoms with Gasteiger partial charge in [0.2, 0.25) is 10.0 Å². The molecule has 0 aliphatic heterocycles. The van der Waals surface area contributed by atoms with Crippen molar-refractivity contribution in [2.24, 2.45) is 0 Å². The van der Waals surface area contributed by atoms with Crippen molar-refractivity contribution in [3.05, 3.63) is 48.0 Å². The van der Waals surface area contributed by atoms with Gasteiger partial charge in [0.25, 0.3) is 5.91 Å². The minimum absolute atomic E-state index is 0.0150. The lowest BCUT2D eigenvalue weighted by Crippen LogP contribution is -2.21. The van der Waals surface area contributed by atoms with E-state index in [0.29, 0.717) is 16.4 Å². The Bertz CT molecular complexity index is 1170. The molecule has 9 nitrogen and oxygen atoms in total. The molecule has 2 N–H and O–H groups in total. The first-order valence-electron chi connectivity index (χ1n) is 8.27. The first kappa shape index (κ1) is 20.7. The molecule has 0 spiro atoms. The summed E-state index contributed by atoms with van der Waals surface area (Å²) < 4.78 is 36.7. The molecule has 29 heavy (non-hydrogen) atoms. The number of hydrogen-bond donors (Lipinski definition) is 2. The summed E-state index contributed by atoms with van der Waals surface area (Å²) >= 11 is 1.26. The number of benzene rings is 2. The Kier molecular flexibility index (Phi) is 6.11. The van der Waals surface area contributed by atoms with Crippen LogP contribution < -0.4 is 14.8 Å². The highest BCUT2D eigenvalue weighted by Gasteiger charge is 2.16. The van der Waals surface area contributed by atoms with Gasteiger partial charge in [-0.25, -0.2) is 22.9 Å². The van der Waals surface area contributed by atoms with Gasteiger partial charge in [-0.05, 0) is 43.4 Å². The summed E-state index contributed by atoms with van der Waals surface area (Å²) in [5.74, 6) is -0.707. The number of amides is 1. The van der Waals surface area contributed by atoms with Gasteiger partial charge in [0.1, 0.15) is 5.75 Å². The molecule has 0 aliphatic rings. The van der Waals surface area contributed by atoms with E-state index in [1.165, 1.54) is 42.6 Å². The summed E-state index contributed by atoms with van der Waals surface area (Å²) in [6.07, 6.45) is 0. The third-order valence-electron chi connectivity index (χ3n) is 3.83. The maximum Gasteiger partial charge on any atom is 0.338 e. The van der Waals surface area contributed by atoms with Gasteiger partial charge in [-0.1, -0.05) is 17.4 Å². The molecule has 0 saturated heterocycles. The van der Waals surface area contributed by atoms with E-state index in [1.54, 1.807) is 25.3 Å². The van der Waals surface area contributed by atoms with Crippen molar-refractivity contribution in [3.63, 3.8) is 0 Å². The largest absolute Gasteiger partial charge is 0.497 e. The lowest BCUT2D eigenvalue weighted by Gasteiger charge is -2.07. The molecule has 3 aromatic rings. The number of hydrogen-bond acceptors (Lipinski definition) is 8. The highest BCUT2D eigenvalue weighted by molar-refractivity contribution is 7.89. The summed E-state index contributed by atoms with van der Waals surface area (Å²) in [6.45, 7) is -0.541. The first-order chi connectivity index (χ1) is 13.8. The zero-order valence-corrected chi connectivity index (χ0v) is 17.1. The minimum atomic E-state index is -3.70. The van der Waals surface area contributed by atoms with Gasteiger partial charge in [-0.15, -0.1) is 0 Å². The zero-order valence-electron chi connectivity index (χ0n) is 15.5. The number of sulfonamides is 1. The van der Waals surface area contributed by atoms with Crippen LogP contribution in [0.1, 0.15) is 10.4 Å². The summed E-state index contributed by atoms with van der Waals surface area (Å²) in [5, 5.41) is 2.92. The normalized spacial score (nSPS) is 11.2. The fraction of sp³-hybridized carbons (Fsp3) is 0.167. The summed E-state index contributed by atoms with van der Waals surface area (Å²) in [5.41, 5.74) is 0.715. The molecule has 0 saturated carbocycles. The molecule has 2 aromatic carbocycles. The van der Waals surface area contributed by atoms with Crippen molar-refractivity contribution in [3.8, 4) is 5.75 Å². The van der Waals surface area contributed by atoms with Crippen molar-refractivity contribution in [2.45, 2.75) is 4.90 Å². The van der Waals surface area contributed by atoms with Gasteiger partial charge in [0.15, 0.2) is 11.7 Å². The molecule has 1 amide bonds. The number of ether oxygens (including phenoxy) is 2.